The molecule has 7 heteroatoms. The van der Waals surface area contributed by atoms with Crippen LogP contribution in [0.1, 0.15) is 0 Å². The van der Waals surface area contributed by atoms with E-state index in [9.17, 15) is 4.39 Å². The Labute approximate surface area is 147 Å². The van der Waals surface area contributed by atoms with E-state index in [1.54, 1.807) is 12.3 Å². The number of fused-ring (bicyclic) bond motifs is 1. The largest absolute Gasteiger partial charge is 0.422 e. The molecule has 0 radical (unpaired) electrons. The van der Waals surface area contributed by atoms with Crippen molar-refractivity contribution in [3.05, 3.63) is 60.5 Å². The van der Waals surface area contributed by atoms with E-state index >= 15 is 0 Å². The van der Waals surface area contributed by atoms with Gasteiger partial charge in [-0.05, 0) is 42.5 Å². The standard InChI is InChI=1S/C18H15FN4OS/c1-25-23-14-4-2-3-13(9-14)21-18-20-10-17(24-18)16-7-11-5-6-12(19)8-15(11)22-16/h2-10,22-23H,1H3,(H,20,21). The van der Waals surface area contributed by atoms with E-state index in [1.807, 2.05) is 36.6 Å². The van der Waals surface area contributed by atoms with Gasteiger partial charge in [0.2, 0.25) is 0 Å². The predicted octanol–water partition coefficient (Wildman–Crippen LogP) is 5.40. The summed E-state index contributed by atoms with van der Waals surface area (Å²) in [6.07, 6.45) is 3.60. The average molecular weight is 354 g/mol. The second-order valence-electron chi connectivity index (χ2n) is 5.46. The van der Waals surface area contributed by atoms with E-state index in [1.165, 1.54) is 24.1 Å². The fourth-order valence-corrected chi connectivity index (χ4v) is 2.95. The van der Waals surface area contributed by atoms with Crippen LogP contribution in [-0.2, 0) is 0 Å². The van der Waals surface area contributed by atoms with Crippen LogP contribution >= 0.6 is 11.9 Å². The fourth-order valence-electron chi connectivity index (χ4n) is 2.59. The highest BCUT2D eigenvalue weighted by molar-refractivity contribution is 7.99. The highest BCUT2D eigenvalue weighted by atomic mass is 32.2. The maximum Gasteiger partial charge on any atom is 0.299 e. The number of hydrogen-bond acceptors (Lipinski definition) is 5. The Bertz CT molecular complexity index is 1030. The first-order valence-corrected chi connectivity index (χ1v) is 8.84. The summed E-state index contributed by atoms with van der Waals surface area (Å²) in [5.74, 6) is 0.303. The average Bonchev–Trinajstić information content (AvgIpc) is 3.21. The molecule has 2 aromatic heterocycles. The first kappa shape index (κ1) is 15.6. The van der Waals surface area contributed by atoms with Crippen molar-refractivity contribution in [3.8, 4) is 11.5 Å². The molecule has 2 aromatic carbocycles. The highest BCUT2D eigenvalue weighted by Gasteiger charge is 2.10. The molecule has 2 heterocycles. The molecule has 4 aromatic rings. The first-order valence-electron chi connectivity index (χ1n) is 7.62. The summed E-state index contributed by atoms with van der Waals surface area (Å²) in [5.41, 5.74) is 3.32. The van der Waals surface area contributed by atoms with Crippen molar-refractivity contribution in [2.24, 2.45) is 0 Å². The van der Waals surface area contributed by atoms with Crippen molar-refractivity contribution in [2.75, 3.05) is 16.3 Å². The van der Waals surface area contributed by atoms with Crippen molar-refractivity contribution in [2.45, 2.75) is 0 Å². The van der Waals surface area contributed by atoms with Crippen molar-refractivity contribution >= 4 is 40.2 Å². The maximum atomic E-state index is 13.3. The molecule has 0 amide bonds. The third kappa shape index (κ3) is 3.32. The lowest BCUT2D eigenvalue weighted by atomic mass is 10.2. The van der Waals surface area contributed by atoms with E-state index in [4.69, 9.17) is 4.42 Å². The summed E-state index contributed by atoms with van der Waals surface area (Å²) < 4.78 is 22.2. The van der Waals surface area contributed by atoms with Gasteiger partial charge in [0, 0.05) is 28.5 Å². The molecule has 0 fully saturated rings. The molecule has 0 aliphatic rings. The molecular weight excluding hydrogens is 339 g/mol. The molecule has 4 rings (SSSR count). The van der Waals surface area contributed by atoms with Crippen LogP contribution in [0.5, 0.6) is 0 Å². The summed E-state index contributed by atoms with van der Waals surface area (Å²) >= 11 is 1.53. The van der Waals surface area contributed by atoms with E-state index in [0.29, 0.717) is 11.8 Å². The SMILES string of the molecule is CSNc1cccc(Nc2ncc(-c3cc4ccc(F)cc4[nH]3)o2)c1. The van der Waals surface area contributed by atoms with E-state index in [-0.39, 0.29) is 5.82 Å². The topological polar surface area (TPSA) is 65.9 Å². The summed E-state index contributed by atoms with van der Waals surface area (Å²) in [4.78, 5) is 7.40. The number of aromatic nitrogens is 2. The van der Waals surface area contributed by atoms with Gasteiger partial charge in [-0.1, -0.05) is 18.0 Å². The number of aromatic amines is 1. The number of nitrogens with one attached hydrogen (secondary N) is 3. The molecule has 3 N–H and O–H groups in total. The molecule has 0 unspecified atom stereocenters. The Morgan fingerprint density at radius 3 is 2.88 bits per heavy atom. The highest BCUT2D eigenvalue weighted by Crippen LogP contribution is 2.28. The third-order valence-corrected chi connectivity index (χ3v) is 4.13. The van der Waals surface area contributed by atoms with Gasteiger partial charge in [0.05, 0.1) is 11.9 Å². The Balaban J connectivity index is 1.58. The van der Waals surface area contributed by atoms with Crippen molar-refractivity contribution in [1.29, 1.82) is 0 Å². The lowest BCUT2D eigenvalue weighted by Gasteiger charge is -2.05. The predicted molar refractivity (Wildman–Crippen MR) is 101 cm³/mol. The van der Waals surface area contributed by atoms with E-state index in [2.05, 4.69) is 20.0 Å². The number of H-pyrrole nitrogens is 1. The smallest absolute Gasteiger partial charge is 0.299 e. The van der Waals surface area contributed by atoms with Gasteiger partial charge < -0.3 is 19.4 Å². The van der Waals surface area contributed by atoms with Gasteiger partial charge in [0.1, 0.15) is 5.82 Å². The van der Waals surface area contributed by atoms with E-state index < -0.39 is 0 Å². The van der Waals surface area contributed by atoms with E-state index in [0.717, 1.165) is 28.0 Å². The number of anilines is 3. The zero-order valence-corrected chi connectivity index (χ0v) is 14.2. The summed E-state index contributed by atoms with van der Waals surface area (Å²) in [6, 6.07) is 14.7. The fraction of sp³-hybridized carbons (Fsp3) is 0.0556. The normalized spacial score (nSPS) is 11.0. The summed E-state index contributed by atoms with van der Waals surface area (Å²) in [5, 5.41) is 4.05. The van der Waals surface area contributed by atoms with Crippen molar-refractivity contribution in [3.63, 3.8) is 0 Å². The van der Waals surface area contributed by atoms with Crippen LogP contribution in [0.3, 0.4) is 0 Å². The van der Waals surface area contributed by atoms with Gasteiger partial charge in [-0.25, -0.2) is 9.37 Å². The number of oxazole rings is 1. The molecule has 25 heavy (non-hydrogen) atoms. The minimum Gasteiger partial charge on any atom is -0.422 e. The molecule has 0 spiro atoms. The summed E-state index contributed by atoms with van der Waals surface area (Å²) in [6.45, 7) is 0. The monoisotopic (exact) mass is 354 g/mol. The molecule has 0 aliphatic carbocycles. The Hall–Kier alpha value is -2.93. The number of rotatable bonds is 5. The van der Waals surface area contributed by atoms with Crippen molar-refractivity contribution < 1.29 is 8.81 Å². The third-order valence-electron chi connectivity index (χ3n) is 3.69. The zero-order valence-electron chi connectivity index (χ0n) is 13.3. The van der Waals surface area contributed by atoms with Gasteiger partial charge >= 0.3 is 0 Å². The van der Waals surface area contributed by atoms with Gasteiger partial charge in [-0.3, -0.25) is 0 Å². The minimum absolute atomic E-state index is 0.278. The van der Waals surface area contributed by atoms with Crippen molar-refractivity contribution in [1.82, 2.24) is 9.97 Å². The minimum atomic E-state index is -0.278. The first-order chi connectivity index (χ1) is 12.2. The molecule has 0 saturated heterocycles. The lowest BCUT2D eigenvalue weighted by Crippen LogP contribution is -1.91. The molecule has 0 saturated carbocycles. The Kier molecular flexibility index (Phi) is 4.07. The molecular formula is C18H15FN4OS. The van der Waals surface area contributed by atoms with Crippen LogP contribution in [0, 0.1) is 5.82 Å². The summed E-state index contributed by atoms with van der Waals surface area (Å²) in [7, 11) is 0. The quantitative estimate of drug-likeness (QED) is 0.419. The van der Waals surface area contributed by atoms with Crippen LogP contribution in [0.25, 0.3) is 22.4 Å². The van der Waals surface area contributed by atoms with Crippen LogP contribution < -0.4 is 10.0 Å². The number of nitrogens with zero attached hydrogens (tertiary/aromatic N) is 1. The zero-order chi connectivity index (χ0) is 17.2. The van der Waals surface area contributed by atoms with Crippen LogP contribution in [-0.4, -0.2) is 16.2 Å². The van der Waals surface area contributed by atoms with Crippen LogP contribution in [0.15, 0.2) is 59.1 Å². The second kappa shape index (κ2) is 6.52. The second-order valence-corrected chi connectivity index (χ2v) is 6.07. The van der Waals surface area contributed by atoms with Crippen LogP contribution in [0.4, 0.5) is 21.8 Å². The molecule has 0 atom stereocenters. The van der Waals surface area contributed by atoms with Gasteiger partial charge in [-0.15, -0.1) is 0 Å². The maximum absolute atomic E-state index is 13.3. The van der Waals surface area contributed by atoms with Crippen LogP contribution in [0.2, 0.25) is 0 Å². The van der Waals surface area contributed by atoms with Gasteiger partial charge in [0.15, 0.2) is 5.76 Å². The van der Waals surface area contributed by atoms with Gasteiger partial charge in [0.25, 0.3) is 6.01 Å². The van der Waals surface area contributed by atoms with Gasteiger partial charge in [-0.2, -0.15) is 0 Å². The Morgan fingerprint density at radius 1 is 1.12 bits per heavy atom. The number of benzene rings is 2. The molecule has 0 bridgehead atoms. The lowest BCUT2D eigenvalue weighted by molar-refractivity contribution is 0.590. The molecule has 0 aliphatic heterocycles. The number of halogens is 1. The molecule has 5 nitrogen and oxygen atoms in total. The number of hydrogen-bond donors (Lipinski definition) is 3. The molecule has 126 valence electrons. The Morgan fingerprint density at radius 2 is 2.00 bits per heavy atom.